The van der Waals surface area contributed by atoms with Crippen LogP contribution in [0, 0.1) is 18.8 Å². The highest BCUT2D eigenvalue weighted by molar-refractivity contribution is 5.30. The molecule has 0 bridgehead atoms. The van der Waals surface area contributed by atoms with Crippen molar-refractivity contribution >= 4 is 0 Å². The molecular formula is C17H27NO. The Balaban J connectivity index is 2.33. The fraction of sp³-hybridized carbons (Fsp3) is 0.647. The molecule has 1 aromatic carbocycles. The van der Waals surface area contributed by atoms with Gasteiger partial charge in [0.1, 0.15) is 0 Å². The summed E-state index contributed by atoms with van der Waals surface area (Å²) in [5.41, 5.74) is 2.79. The van der Waals surface area contributed by atoms with Crippen LogP contribution in [0.2, 0.25) is 0 Å². The number of benzene rings is 1. The third-order valence-electron chi connectivity index (χ3n) is 4.65. The lowest BCUT2D eigenvalue weighted by atomic mass is 9.79. The predicted octanol–water partition coefficient (Wildman–Crippen LogP) is 3.71. The first-order valence-corrected chi connectivity index (χ1v) is 7.50. The number of rotatable bonds is 4. The third-order valence-corrected chi connectivity index (χ3v) is 4.65. The van der Waals surface area contributed by atoms with E-state index in [1.807, 2.05) is 0 Å². The molecule has 2 nitrogen and oxygen atoms in total. The molecule has 2 rings (SSSR count). The van der Waals surface area contributed by atoms with Gasteiger partial charge in [0.25, 0.3) is 0 Å². The van der Waals surface area contributed by atoms with Crippen LogP contribution in [0.15, 0.2) is 24.3 Å². The Morgan fingerprint density at radius 3 is 2.37 bits per heavy atom. The monoisotopic (exact) mass is 261 g/mol. The summed E-state index contributed by atoms with van der Waals surface area (Å²) in [5, 5.41) is 3.68. The van der Waals surface area contributed by atoms with Crippen molar-refractivity contribution in [3.63, 3.8) is 0 Å². The molecule has 0 saturated carbocycles. The average Bonchev–Trinajstić information content (AvgIpc) is 2.62. The van der Waals surface area contributed by atoms with Crippen LogP contribution in [0.3, 0.4) is 0 Å². The van der Waals surface area contributed by atoms with Gasteiger partial charge < -0.3 is 10.1 Å². The van der Waals surface area contributed by atoms with Crippen LogP contribution in [0.1, 0.15) is 44.9 Å². The number of hydrogen-bond acceptors (Lipinski definition) is 2. The summed E-state index contributed by atoms with van der Waals surface area (Å²) in [4.78, 5) is 0. The minimum Gasteiger partial charge on any atom is -0.375 e. The smallest absolute Gasteiger partial charge is 0.0600 e. The molecule has 5 atom stereocenters. The van der Waals surface area contributed by atoms with Gasteiger partial charge in [-0.05, 0) is 44.4 Å². The van der Waals surface area contributed by atoms with Gasteiger partial charge in [0, 0.05) is 12.0 Å². The van der Waals surface area contributed by atoms with Gasteiger partial charge >= 0.3 is 0 Å². The normalized spacial score (nSPS) is 32.5. The molecule has 0 aromatic heterocycles. The van der Waals surface area contributed by atoms with Crippen LogP contribution in [0.5, 0.6) is 0 Å². The van der Waals surface area contributed by atoms with E-state index in [0.717, 1.165) is 6.54 Å². The van der Waals surface area contributed by atoms with E-state index < -0.39 is 0 Å². The zero-order valence-corrected chi connectivity index (χ0v) is 12.8. The molecule has 0 spiro atoms. The van der Waals surface area contributed by atoms with Gasteiger partial charge in [-0.1, -0.05) is 38.1 Å². The van der Waals surface area contributed by atoms with Crippen LogP contribution < -0.4 is 5.32 Å². The quantitative estimate of drug-likeness (QED) is 0.892. The fourth-order valence-electron chi connectivity index (χ4n) is 3.48. The van der Waals surface area contributed by atoms with Crippen LogP contribution in [0.25, 0.3) is 0 Å². The van der Waals surface area contributed by atoms with Gasteiger partial charge in [0.2, 0.25) is 0 Å². The number of ether oxygens (including phenoxy) is 1. The van der Waals surface area contributed by atoms with Crippen molar-refractivity contribution in [2.24, 2.45) is 11.8 Å². The molecular weight excluding hydrogens is 234 g/mol. The standard InChI is InChI=1S/C17H27NO/c1-6-18-17(15-10-8-7-9-11(15)2)16-12(3)13(4)19-14(16)5/h7-10,12-14,16-18H,6H2,1-5H3. The molecule has 1 aliphatic rings. The zero-order chi connectivity index (χ0) is 14.0. The summed E-state index contributed by atoms with van der Waals surface area (Å²) in [7, 11) is 0. The van der Waals surface area contributed by atoms with Crippen molar-refractivity contribution < 1.29 is 4.74 Å². The van der Waals surface area contributed by atoms with E-state index in [1.54, 1.807) is 0 Å². The maximum atomic E-state index is 6.03. The van der Waals surface area contributed by atoms with Gasteiger partial charge in [-0.2, -0.15) is 0 Å². The third kappa shape index (κ3) is 2.85. The van der Waals surface area contributed by atoms with Gasteiger partial charge in [-0.3, -0.25) is 0 Å². The summed E-state index contributed by atoms with van der Waals surface area (Å²) in [5.74, 6) is 1.12. The first-order valence-electron chi connectivity index (χ1n) is 7.50. The molecule has 1 N–H and O–H groups in total. The van der Waals surface area contributed by atoms with Crippen molar-refractivity contribution in [2.45, 2.75) is 52.9 Å². The number of aryl methyl sites for hydroxylation is 1. The summed E-state index contributed by atoms with van der Waals surface area (Å²) in [6, 6.07) is 9.10. The second kappa shape index (κ2) is 6.06. The van der Waals surface area contributed by atoms with E-state index in [-0.39, 0.29) is 0 Å². The number of nitrogens with one attached hydrogen (secondary N) is 1. The van der Waals surface area contributed by atoms with Crippen molar-refractivity contribution in [2.75, 3.05) is 6.54 Å². The highest BCUT2D eigenvalue weighted by Gasteiger charge is 2.42. The van der Waals surface area contributed by atoms with Crippen molar-refractivity contribution in [1.29, 1.82) is 0 Å². The van der Waals surface area contributed by atoms with E-state index in [2.05, 4.69) is 64.2 Å². The largest absolute Gasteiger partial charge is 0.375 e. The Labute approximate surface area is 117 Å². The molecule has 1 fully saturated rings. The predicted molar refractivity (Wildman–Crippen MR) is 80.3 cm³/mol. The second-order valence-corrected chi connectivity index (χ2v) is 5.87. The van der Waals surface area contributed by atoms with E-state index in [9.17, 15) is 0 Å². The molecule has 2 heteroatoms. The fourth-order valence-corrected chi connectivity index (χ4v) is 3.48. The van der Waals surface area contributed by atoms with E-state index >= 15 is 0 Å². The van der Waals surface area contributed by atoms with E-state index in [4.69, 9.17) is 4.74 Å². The summed E-state index contributed by atoms with van der Waals surface area (Å²) in [6.07, 6.45) is 0.666. The van der Waals surface area contributed by atoms with Crippen LogP contribution >= 0.6 is 0 Å². The summed E-state index contributed by atoms with van der Waals surface area (Å²) in [6.45, 7) is 12.1. The first-order chi connectivity index (χ1) is 9.06. The maximum absolute atomic E-state index is 6.03. The van der Waals surface area contributed by atoms with Gasteiger partial charge in [-0.15, -0.1) is 0 Å². The molecule has 1 saturated heterocycles. The van der Waals surface area contributed by atoms with E-state index in [1.165, 1.54) is 11.1 Å². The maximum Gasteiger partial charge on any atom is 0.0600 e. The highest BCUT2D eigenvalue weighted by atomic mass is 16.5. The Hall–Kier alpha value is -0.860. The lowest BCUT2D eigenvalue weighted by Crippen LogP contribution is -2.35. The minimum absolute atomic E-state index is 0.314. The lowest BCUT2D eigenvalue weighted by Gasteiger charge is -2.31. The van der Waals surface area contributed by atoms with E-state index in [0.29, 0.717) is 30.1 Å². The molecule has 0 amide bonds. The topological polar surface area (TPSA) is 21.3 Å². The van der Waals surface area contributed by atoms with Gasteiger partial charge in [-0.25, -0.2) is 0 Å². The average molecular weight is 261 g/mol. The van der Waals surface area contributed by atoms with Crippen molar-refractivity contribution in [1.82, 2.24) is 5.32 Å². The van der Waals surface area contributed by atoms with Crippen molar-refractivity contribution in [3.8, 4) is 0 Å². The SMILES string of the molecule is CCNC(c1ccccc1C)C1C(C)OC(C)C1C. The molecule has 19 heavy (non-hydrogen) atoms. The van der Waals surface area contributed by atoms with Crippen LogP contribution in [-0.2, 0) is 4.74 Å². The van der Waals surface area contributed by atoms with Gasteiger partial charge in [0.15, 0.2) is 0 Å². The molecule has 1 aromatic rings. The molecule has 1 heterocycles. The summed E-state index contributed by atoms with van der Waals surface area (Å²) >= 11 is 0. The second-order valence-electron chi connectivity index (χ2n) is 5.87. The Morgan fingerprint density at radius 2 is 1.84 bits per heavy atom. The number of hydrogen-bond donors (Lipinski definition) is 1. The molecule has 1 aliphatic heterocycles. The van der Waals surface area contributed by atoms with Gasteiger partial charge in [0.05, 0.1) is 12.2 Å². The van der Waals surface area contributed by atoms with Crippen molar-refractivity contribution in [3.05, 3.63) is 35.4 Å². The molecule has 106 valence electrons. The first kappa shape index (κ1) is 14.5. The Morgan fingerprint density at radius 1 is 1.16 bits per heavy atom. The minimum atomic E-state index is 0.314. The molecule has 5 unspecified atom stereocenters. The summed E-state index contributed by atoms with van der Waals surface area (Å²) < 4.78 is 6.03. The molecule has 0 aliphatic carbocycles. The Kier molecular flexibility index (Phi) is 4.64. The van der Waals surface area contributed by atoms with Crippen LogP contribution in [-0.4, -0.2) is 18.8 Å². The highest BCUT2D eigenvalue weighted by Crippen LogP contribution is 2.41. The Bertz CT molecular complexity index is 417. The van der Waals surface area contributed by atoms with Crippen LogP contribution in [0.4, 0.5) is 0 Å². The lowest BCUT2D eigenvalue weighted by molar-refractivity contribution is 0.0475. The zero-order valence-electron chi connectivity index (χ0n) is 12.8. The molecule has 0 radical (unpaired) electrons.